The number of amides is 4. The van der Waals surface area contributed by atoms with Crippen LogP contribution in [-0.2, 0) is 9.53 Å². The number of ether oxygens (including phenoxy) is 1. The summed E-state index contributed by atoms with van der Waals surface area (Å²) in [4.78, 5) is 41.7. The summed E-state index contributed by atoms with van der Waals surface area (Å²) >= 11 is 1.25. The van der Waals surface area contributed by atoms with Crippen molar-refractivity contribution in [3.63, 3.8) is 0 Å². The minimum atomic E-state index is -0.206. The fourth-order valence-electron chi connectivity index (χ4n) is 4.22. The number of hydrogen-bond acceptors (Lipinski definition) is 6. The van der Waals surface area contributed by atoms with Crippen LogP contribution in [0.5, 0.6) is 0 Å². The predicted octanol–water partition coefficient (Wildman–Crippen LogP) is 0.998. The van der Waals surface area contributed by atoms with Crippen molar-refractivity contribution in [1.82, 2.24) is 20.5 Å². The van der Waals surface area contributed by atoms with Gasteiger partial charge in [-0.25, -0.2) is 9.78 Å². The number of hydrogen-bond donors (Lipinski definition) is 3. The molecule has 3 N–H and O–H groups in total. The summed E-state index contributed by atoms with van der Waals surface area (Å²) in [6.45, 7) is 3.35. The molecule has 10 heteroatoms. The van der Waals surface area contributed by atoms with Crippen LogP contribution in [0, 0.1) is 11.8 Å². The van der Waals surface area contributed by atoms with Crippen LogP contribution >= 0.6 is 11.3 Å². The Kier molecular flexibility index (Phi) is 5.00. The molecule has 27 heavy (non-hydrogen) atoms. The van der Waals surface area contributed by atoms with Gasteiger partial charge in [-0.1, -0.05) is 0 Å². The van der Waals surface area contributed by atoms with Crippen LogP contribution in [0.2, 0.25) is 0 Å². The SMILES string of the molecule is CC(=O)Nc1nc(C(=O)N2CCC([C@@H]3NC(=O)N[C@H]4OCC[C@H]43)CC2)cs1. The molecule has 4 amide bonds. The van der Waals surface area contributed by atoms with Gasteiger partial charge in [-0.15, -0.1) is 11.3 Å². The Labute approximate surface area is 160 Å². The van der Waals surface area contributed by atoms with Crippen LogP contribution < -0.4 is 16.0 Å². The first-order valence-electron chi connectivity index (χ1n) is 9.22. The van der Waals surface area contributed by atoms with E-state index in [2.05, 4.69) is 20.9 Å². The number of thiazole rings is 1. The molecule has 1 aromatic rings. The van der Waals surface area contributed by atoms with E-state index in [0.29, 0.717) is 36.4 Å². The number of piperidine rings is 1. The lowest BCUT2D eigenvalue weighted by Gasteiger charge is -2.42. The molecule has 0 aliphatic carbocycles. The van der Waals surface area contributed by atoms with Crippen LogP contribution in [-0.4, -0.2) is 59.7 Å². The third-order valence-corrected chi connectivity index (χ3v) is 6.27. The number of likely N-dealkylation sites (tertiary alicyclic amines) is 1. The van der Waals surface area contributed by atoms with Crippen LogP contribution in [0.4, 0.5) is 9.93 Å². The van der Waals surface area contributed by atoms with E-state index in [-0.39, 0.29) is 36.0 Å². The van der Waals surface area contributed by atoms with Gasteiger partial charge in [-0.3, -0.25) is 9.59 Å². The van der Waals surface area contributed by atoms with Gasteiger partial charge in [-0.05, 0) is 25.2 Å². The smallest absolute Gasteiger partial charge is 0.317 e. The molecule has 3 atom stereocenters. The molecule has 0 aromatic carbocycles. The molecule has 1 aromatic heterocycles. The molecule has 3 fully saturated rings. The summed E-state index contributed by atoms with van der Waals surface area (Å²) in [7, 11) is 0. The van der Waals surface area contributed by atoms with Crippen molar-refractivity contribution in [3.8, 4) is 0 Å². The quantitative estimate of drug-likeness (QED) is 0.709. The largest absolute Gasteiger partial charge is 0.358 e. The Morgan fingerprint density at radius 1 is 1.30 bits per heavy atom. The first kappa shape index (κ1) is 18.2. The Morgan fingerprint density at radius 2 is 2.07 bits per heavy atom. The van der Waals surface area contributed by atoms with Gasteiger partial charge < -0.3 is 25.6 Å². The van der Waals surface area contributed by atoms with E-state index in [9.17, 15) is 14.4 Å². The average Bonchev–Trinajstić information content (AvgIpc) is 3.29. The fourth-order valence-corrected chi connectivity index (χ4v) is 4.95. The topological polar surface area (TPSA) is 113 Å². The maximum atomic E-state index is 12.7. The van der Waals surface area contributed by atoms with Crippen molar-refractivity contribution in [1.29, 1.82) is 0 Å². The molecular formula is C17H23N5O4S. The monoisotopic (exact) mass is 393 g/mol. The molecule has 4 heterocycles. The Hall–Kier alpha value is -2.20. The standard InChI is InChI=1S/C17H23N5O4S/c1-9(23)18-17-19-12(8-27-17)15(24)22-5-2-10(3-6-22)13-11-4-7-26-14(11)21-16(25)20-13/h8,10-11,13-14H,2-7H2,1H3,(H,18,19,23)(H2,20,21,25)/t11-,13-,14-/m0/s1. The molecule has 9 nitrogen and oxygen atoms in total. The highest BCUT2D eigenvalue weighted by Crippen LogP contribution is 2.34. The summed E-state index contributed by atoms with van der Waals surface area (Å²) in [6, 6.07) is -0.0798. The van der Waals surface area contributed by atoms with E-state index >= 15 is 0 Å². The van der Waals surface area contributed by atoms with Crippen LogP contribution in [0.15, 0.2) is 5.38 Å². The summed E-state index contributed by atoms with van der Waals surface area (Å²) in [6.07, 6.45) is 2.42. The van der Waals surface area contributed by atoms with Crippen LogP contribution in [0.1, 0.15) is 36.7 Å². The summed E-state index contributed by atoms with van der Waals surface area (Å²) < 4.78 is 5.62. The average molecular weight is 393 g/mol. The number of carbonyl (C=O) groups is 3. The van der Waals surface area contributed by atoms with Crippen molar-refractivity contribution in [2.24, 2.45) is 11.8 Å². The second kappa shape index (κ2) is 7.43. The molecular weight excluding hydrogens is 370 g/mol. The highest BCUT2D eigenvalue weighted by atomic mass is 32.1. The van der Waals surface area contributed by atoms with Gasteiger partial charge in [0, 0.05) is 44.0 Å². The van der Waals surface area contributed by atoms with E-state index in [4.69, 9.17) is 4.74 Å². The van der Waals surface area contributed by atoms with Crippen LogP contribution in [0.25, 0.3) is 0 Å². The van der Waals surface area contributed by atoms with E-state index in [1.165, 1.54) is 18.3 Å². The van der Waals surface area contributed by atoms with Gasteiger partial charge in [-0.2, -0.15) is 0 Å². The normalized spacial score (nSPS) is 28.3. The zero-order chi connectivity index (χ0) is 19.0. The second-order valence-corrected chi connectivity index (χ2v) is 8.09. The van der Waals surface area contributed by atoms with Gasteiger partial charge in [0.1, 0.15) is 11.9 Å². The van der Waals surface area contributed by atoms with Crippen molar-refractivity contribution < 1.29 is 19.1 Å². The third kappa shape index (κ3) is 3.77. The molecule has 0 unspecified atom stereocenters. The second-order valence-electron chi connectivity index (χ2n) is 7.24. The summed E-state index contributed by atoms with van der Waals surface area (Å²) in [5.41, 5.74) is 0.363. The number of nitrogens with one attached hydrogen (secondary N) is 3. The Morgan fingerprint density at radius 3 is 2.81 bits per heavy atom. The highest BCUT2D eigenvalue weighted by Gasteiger charge is 2.44. The van der Waals surface area contributed by atoms with E-state index in [0.717, 1.165) is 19.3 Å². The summed E-state index contributed by atoms with van der Waals surface area (Å²) in [5.74, 6) is 0.300. The zero-order valence-electron chi connectivity index (χ0n) is 15.1. The number of carbonyl (C=O) groups excluding carboxylic acids is 3. The minimum absolute atomic E-state index is 0.0918. The van der Waals surface area contributed by atoms with Crippen molar-refractivity contribution in [2.45, 2.75) is 38.5 Å². The fraction of sp³-hybridized carbons (Fsp3) is 0.647. The van der Waals surface area contributed by atoms with Crippen molar-refractivity contribution in [2.75, 3.05) is 25.0 Å². The number of rotatable bonds is 3. The molecule has 0 saturated carbocycles. The molecule has 3 aliphatic heterocycles. The third-order valence-electron chi connectivity index (χ3n) is 5.51. The number of nitrogens with zero attached hydrogens (tertiary/aromatic N) is 2. The van der Waals surface area contributed by atoms with Gasteiger partial charge in [0.25, 0.3) is 5.91 Å². The van der Waals surface area contributed by atoms with Crippen molar-refractivity contribution in [3.05, 3.63) is 11.1 Å². The van der Waals surface area contributed by atoms with Crippen LogP contribution in [0.3, 0.4) is 0 Å². The molecule has 146 valence electrons. The lowest BCUT2D eigenvalue weighted by Crippen LogP contribution is -2.62. The molecule has 0 radical (unpaired) electrons. The Balaban J connectivity index is 1.35. The van der Waals surface area contributed by atoms with Gasteiger partial charge in [0.15, 0.2) is 5.13 Å². The summed E-state index contributed by atoms with van der Waals surface area (Å²) in [5, 5.41) is 10.6. The zero-order valence-corrected chi connectivity index (χ0v) is 15.9. The minimum Gasteiger partial charge on any atom is -0.358 e. The highest BCUT2D eigenvalue weighted by molar-refractivity contribution is 7.14. The number of anilines is 1. The number of aromatic nitrogens is 1. The Bertz CT molecular complexity index is 745. The van der Waals surface area contributed by atoms with Gasteiger partial charge in [0.2, 0.25) is 5.91 Å². The predicted molar refractivity (Wildman–Crippen MR) is 98.3 cm³/mol. The molecule has 4 rings (SSSR count). The van der Waals surface area contributed by atoms with Gasteiger partial charge in [0.05, 0.1) is 0 Å². The number of urea groups is 1. The first-order valence-corrected chi connectivity index (χ1v) is 10.1. The van der Waals surface area contributed by atoms with E-state index in [1.807, 2.05) is 0 Å². The van der Waals surface area contributed by atoms with Crippen molar-refractivity contribution >= 4 is 34.3 Å². The lowest BCUT2D eigenvalue weighted by molar-refractivity contribution is -0.114. The lowest BCUT2D eigenvalue weighted by atomic mass is 9.80. The maximum absolute atomic E-state index is 12.7. The molecule has 3 aliphatic rings. The van der Waals surface area contributed by atoms with E-state index in [1.54, 1.807) is 10.3 Å². The number of fused-ring (bicyclic) bond motifs is 1. The molecule has 3 saturated heterocycles. The molecule has 0 spiro atoms. The maximum Gasteiger partial charge on any atom is 0.317 e. The van der Waals surface area contributed by atoms with Gasteiger partial charge >= 0.3 is 6.03 Å². The first-order chi connectivity index (χ1) is 13.0. The van der Waals surface area contributed by atoms with E-state index < -0.39 is 0 Å². The molecule has 0 bridgehead atoms.